The van der Waals surface area contributed by atoms with Gasteiger partial charge in [0.2, 0.25) is 5.91 Å². The molecular formula is C14H19N3O2. The van der Waals surface area contributed by atoms with Gasteiger partial charge in [-0.1, -0.05) is 12.1 Å². The molecule has 1 amide bonds. The van der Waals surface area contributed by atoms with E-state index in [1.807, 2.05) is 24.3 Å². The average molecular weight is 261 g/mol. The van der Waals surface area contributed by atoms with Gasteiger partial charge in [0.05, 0.1) is 13.3 Å². The summed E-state index contributed by atoms with van der Waals surface area (Å²) in [6.45, 7) is 1.80. The van der Waals surface area contributed by atoms with E-state index < -0.39 is 0 Å². The third-order valence-electron chi connectivity index (χ3n) is 3.19. The number of piperidine rings is 1. The third-order valence-corrected chi connectivity index (χ3v) is 3.19. The van der Waals surface area contributed by atoms with Gasteiger partial charge < -0.3 is 10.1 Å². The minimum atomic E-state index is 0.000598. The summed E-state index contributed by atoms with van der Waals surface area (Å²) in [5.74, 6) is 0.845. The normalized spacial score (nSPS) is 16.5. The van der Waals surface area contributed by atoms with Crippen LogP contribution in [0.1, 0.15) is 18.4 Å². The summed E-state index contributed by atoms with van der Waals surface area (Å²) < 4.78 is 5.12. The Morgan fingerprint density at radius 1 is 1.47 bits per heavy atom. The number of hydrogen-bond acceptors (Lipinski definition) is 4. The molecule has 1 aromatic rings. The first-order valence-electron chi connectivity index (χ1n) is 6.47. The van der Waals surface area contributed by atoms with E-state index in [9.17, 15) is 4.79 Å². The predicted octanol–water partition coefficient (Wildman–Crippen LogP) is 1.14. The number of hydrazone groups is 1. The molecule has 1 aliphatic heterocycles. The molecule has 2 N–H and O–H groups in total. The number of hydrogen-bond donors (Lipinski definition) is 2. The number of methoxy groups -OCH3 is 1. The fourth-order valence-electron chi connectivity index (χ4n) is 2.07. The minimum Gasteiger partial charge on any atom is -0.497 e. The van der Waals surface area contributed by atoms with E-state index in [-0.39, 0.29) is 11.8 Å². The molecule has 102 valence electrons. The lowest BCUT2D eigenvalue weighted by atomic mass is 9.98. The molecule has 5 nitrogen and oxygen atoms in total. The van der Waals surface area contributed by atoms with Gasteiger partial charge in [-0.2, -0.15) is 5.10 Å². The number of amides is 1. The summed E-state index contributed by atoms with van der Waals surface area (Å²) in [4.78, 5) is 11.8. The van der Waals surface area contributed by atoms with Gasteiger partial charge in [-0.25, -0.2) is 5.43 Å². The Bertz CT molecular complexity index is 454. The standard InChI is InChI=1S/C14H19N3O2/c1-19-13-4-2-3-11(9-13)10-16-17-14(18)12-5-7-15-8-6-12/h2-4,9-10,12,15H,5-8H2,1H3,(H,17,18)/b16-10+. The number of benzene rings is 1. The van der Waals surface area contributed by atoms with Crippen molar-refractivity contribution in [3.05, 3.63) is 29.8 Å². The highest BCUT2D eigenvalue weighted by molar-refractivity contribution is 5.83. The zero-order valence-electron chi connectivity index (χ0n) is 11.1. The van der Waals surface area contributed by atoms with E-state index in [0.717, 1.165) is 37.2 Å². The van der Waals surface area contributed by atoms with Gasteiger partial charge in [0.25, 0.3) is 0 Å². The van der Waals surface area contributed by atoms with Gasteiger partial charge in [0.15, 0.2) is 0 Å². The summed E-state index contributed by atoms with van der Waals surface area (Å²) in [7, 11) is 1.62. The highest BCUT2D eigenvalue weighted by Gasteiger charge is 2.20. The quantitative estimate of drug-likeness (QED) is 0.631. The van der Waals surface area contributed by atoms with Crippen LogP contribution in [0.25, 0.3) is 0 Å². The van der Waals surface area contributed by atoms with Crippen molar-refractivity contribution in [1.82, 2.24) is 10.7 Å². The van der Waals surface area contributed by atoms with Crippen molar-refractivity contribution in [2.45, 2.75) is 12.8 Å². The lowest BCUT2D eigenvalue weighted by Crippen LogP contribution is -2.36. The molecule has 0 saturated carbocycles. The Hall–Kier alpha value is -1.88. The SMILES string of the molecule is COc1cccc(/C=N/NC(=O)C2CCNCC2)c1. The first-order chi connectivity index (χ1) is 9.29. The van der Waals surface area contributed by atoms with Crippen LogP contribution in [-0.4, -0.2) is 32.3 Å². The molecule has 1 aromatic carbocycles. The zero-order chi connectivity index (χ0) is 13.5. The summed E-state index contributed by atoms with van der Waals surface area (Å²) in [5, 5.41) is 7.22. The van der Waals surface area contributed by atoms with Gasteiger partial charge in [-0.05, 0) is 43.6 Å². The number of nitrogens with zero attached hydrogens (tertiary/aromatic N) is 1. The second-order valence-electron chi connectivity index (χ2n) is 4.54. The number of carbonyl (C=O) groups is 1. The van der Waals surface area contributed by atoms with Gasteiger partial charge in [-0.3, -0.25) is 4.79 Å². The Balaban J connectivity index is 1.86. The number of carbonyl (C=O) groups excluding carboxylic acids is 1. The molecular weight excluding hydrogens is 242 g/mol. The van der Waals surface area contributed by atoms with Crippen LogP contribution in [0.2, 0.25) is 0 Å². The summed E-state index contributed by atoms with van der Waals surface area (Å²) in [6.07, 6.45) is 3.38. The topological polar surface area (TPSA) is 62.7 Å². The maximum atomic E-state index is 11.8. The van der Waals surface area contributed by atoms with Crippen LogP contribution in [0.15, 0.2) is 29.4 Å². The highest BCUT2D eigenvalue weighted by Crippen LogP contribution is 2.12. The molecule has 0 unspecified atom stereocenters. The molecule has 1 saturated heterocycles. The second kappa shape index (κ2) is 6.89. The lowest BCUT2D eigenvalue weighted by molar-refractivity contribution is -0.125. The van der Waals surface area contributed by atoms with E-state index in [4.69, 9.17) is 4.74 Å². The summed E-state index contributed by atoms with van der Waals surface area (Å²) >= 11 is 0. The number of rotatable bonds is 4. The molecule has 0 aromatic heterocycles. The Morgan fingerprint density at radius 2 is 2.26 bits per heavy atom. The zero-order valence-corrected chi connectivity index (χ0v) is 11.1. The Morgan fingerprint density at radius 3 is 3.00 bits per heavy atom. The maximum Gasteiger partial charge on any atom is 0.243 e. The molecule has 1 fully saturated rings. The molecule has 0 atom stereocenters. The van der Waals surface area contributed by atoms with Crippen molar-refractivity contribution in [2.75, 3.05) is 20.2 Å². The van der Waals surface area contributed by atoms with Crippen LogP contribution in [0.3, 0.4) is 0 Å². The smallest absolute Gasteiger partial charge is 0.243 e. The molecule has 0 spiro atoms. The van der Waals surface area contributed by atoms with E-state index in [1.54, 1.807) is 13.3 Å². The van der Waals surface area contributed by atoms with Crippen molar-refractivity contribution < 1.29 is 9.53 Å². The fourth-order valence-corrected chi connectivity index (χ4v) is 2.07. The van der Waals surface area contributed by atoms with Gasteiger partial charge in [-0.15, -0.1) is 0 Å². The van der Waals surface area contributed by atoms with Crippen molar-refractivity contribution >= 4 is 12.1 Å². The van der Waals surface area contributed by atoms with Crippen LogP contribution in [0, 0.1) is 5.92 Å². The van der Waals surface area contributed by atoms with Crippen LogP contribution in [0.5, 0.6) is 5.75 Å². The Labute approximate surface area is 113 Å². The van der Waals surface area contributed by atoms with Crippen molar-refractivity contribution in [1.29, 1.82) is 0 Å². The molecule has 1 heterocycles. The summed E-state index contributed by atoms with van der Waals surface area (Å²) in [5.41, 5.74) is 3.49. The summed E-state index contributed by atoms with van der Waals surface area (Å²) in [6, 6.07) is 7.52. The number of nitrogens with one attached hydrogen (secondary N) is 2. The van der Waals surface area contributed by atoms with Crippen LogP contribution >= 0.6 is 0 Å². The first kappa shape index (κ1) is 13.5. The second-order valence-corrected chi connectivity index (χ2v) is 4.54. The molecule has 0 bridgehead atoms. The van der Waals surface area contributed by atoms with E-state index in [1.165, 1.54) is 0 Å². The highest BCUT2D eigenvalue weighted by atomic mass is 16.5. The predicted molar refractivity (Wildman–Crippen MR) is 74.3 cm³/mol. The fraction of sp³-hybridized carbons (Fsp3) is 0.429. The van der Waals surface area contributed by atoms with Crippen LogP contribution in [0.4, 0.5) is 0 Å². The number of ether oxygens (including phenoxy) is 1. The van der Waals surface area contributed by atoms with E-state index >= 15 is 0 Å². The molecule has 1 aliphatic rings. The monoisotopic (exact) mass is 261 g/mol. The lowest BCUT2D eigenvalue weighted by Gasteiger charge is -2.20. The Kier molecular flexibility index (Phi) is 4.92. The van der Waals surface area contributed by atoms with Crippen LogP contribution in [-0.2, 0) is 4.79 Å². The van der Waals surface area contributed by atoms with Crippen molar-refractivity contribution in [2.24, 2.45) is 11.0 Å². The molecule has 5 heteroatoms. The maximum absolute atomic E-state index is 11.8. The van der Waals surface area contributed by atoms with Crippen molar-refractivity contribution in [3.63, 3.8) is 0 Å². The van der Waals surface area contributed by atoms with E-state index in [0.29, 0.717) is 0 Å². The van der Waals surface area contributed by atoms with Crippen molar-refractivity contribution in [3.8, 4) is 5.75 Å². The largest absolute Gasteiger partial charge is 0.497 e. The first-order valence-corrected chi connectivity index (χ1v) is 6.47. The van der Waals surface area contributed by atoms with Gasteiger partial charge in [0.1, 0.15) is 5.75 Å². The van der Waals surface area contributed by atoms with Crippen LogP contribution < -0.4 is 15.5 Å². The molecule has 19 heavy (non-hydrogen) atoms. The van der Waals surface area contributed by atoms with E-state index in [2.05, 4.69) is 15.8 Å². The average Bonchev–Trinajstić information content (AvgIpc) is 2.48. The van der Waals surface area contributed by atoms with Gasteiger partial charge >= 0.3 is 0 Å². The molecule has 2 rings (SSSR count). The third kappa shape index (κ3) is 4.06. The van der Waals surface area contributed by atoms with Gasteiger partial charge in [0, 0.05) is 5.92 Å². The molecule has 0 radical (unpaired) electrons. The minimum absolute atomic E-state index is 0.000598. The molecule has 0 aliphatic carbocycles.